The van der Waals surface area contributed by atoms with E-state index in [9.17, 15) is 13.2 Å². The zero-order valence-corrected chi connectivity index (χ0v) is 22.4. The predicted molar refractivity (Wildman–Crippen MR) is 142 cm³/mol. The van der Waals surface area contributed by atoms with Gasteiger partial charge in [0.15, 0.2) is 0 Å². The van der Waals surface area contributed by atoms with Crippen molar-refractivity contribution in [2.75, 3.05) is 24.2 Å². The van der Waals surface area contributed by atoms with Crippen molar-refractivity contribution >= 4 is 54.9 Å². The number of carbonyl (C=O) groups excluding carboxylic acids is 1. The Labute approximate surface area is 214 Å². The molecule has 1 atom stereocenters. The molecule has 10 heteroatoms. The molecule has 0 unspecified atom stereocenters. The lowest BCUT2D eigenvalue weighted by Crippen LogP contribution is -2.37. The Hall–Kier alpha value is -2.01. The lowest BCUT2D eigenvalue weighted by Gasteiger charge is -2.29. The number of anilines is 1. The van der Waals surface area contributed by atoms with Crippen LogP contribution in [0.5, 0.6) is 0 Å². The number of thiophene rings is 1. The number of thioether (sulfide) groups is 1. The number of carbonyl (C=O) groups is 1. The van der Waals surface area contributed by atoms with E-state index in [0.717, 1.165) is 40.9 Å². The summed E-state index contributed by atoms with van der Waals surface area (Å²) in [7, 11) is -3.50. The number of hydrogen-bond acceptors (Lipinski definition) is 7. The van der Waals surface area contributed by atoms with Gasteiger partial charge in [0.1, 0.15) is 16.2 Å². The highest BCUT2D eigenvalue weighted by atomic mass is 32.2. The maximum atomic E-state index is 12.9. The fourth-order valence-electron chi connectivity index (χ4n) is 4.77. The molecule has 0 radical (unpaired) electrons. The van der Waals surface area contributed by atoms with Gasteiger partial charge >= 0.3 is 0 Å². The normalized spacial score (nSPS) is 19.5. The Morgan fingerprint density at radius 2 is 1.86 bits per heavy atom. The molecule has 1 aliphatic carbocycles. The van der Waals surface area contributed by atoms with E-state index in [1.807, 2.05) is 0 Å². The molecule has 1 fully saturated rings. The molecule has 5 rings (SSSR count). The molecular weight excluding hydrogens is 501 g/mol. The highest BCUT2D eigenvalue weighted by molar-refractivity contribution is 8.00. The molecule has 0 spiro atoms. The van der Waals surface area contributed by atoms with Gasteiger partial charge in [0.2, 0.25) is 15.9 Å². The first-order chi connectivity index (χ1) is 16.8. The monoisotopic (exact) mass is 530 g/mol. The summed E-state index contributed by atoms with van der Waals surface area (Å²) < 4.78 is 27.4. The van der Waals surface area contributed by atoms with Crippen LogP contribution in [0.1, 0.15) is 43.6 Å². The lowest BCUT2D eigenvalue weighted by molar-refractivity contribution is -0.113. The zero-order chi connectivity index (χ0) is 24.6. The Balaban J connectivity index is 1.22. The number of hydrogen-bond donors (Lipinski definition) is 1. The van der Waals surface area contributed by atoms with Crippen molar-refractivity contribution in [2.24, 2.45) is 11.8 Å². The number of fused-ring (bicyclic) bond motifs is 3. The molecule has 1 N–H and O–H groups in total. The van der Waals surface area contributed by atoms with Crippen LogP contribution >= 0.6 is 23.1 Å². The predicted octanol–water partition coefficient (Wildman–Crippen LogP) is 4.97. The molecule has 1 saturated heterocycles. The third-order valence-corrected chi connectivity index (χ3v) is 11.0. The van der Waals surface area contributed by atoms with E-state index in [-0.39, 0.29) is 16.6 Å². The average Bonchev–Trinajstić information content (AvgIpc) is 3.21. The number of aryl methyl sites for hydroxylation is 1. The number of nitrogens with one attached hydrogen (secondary N) is 1. The fraction of sp³-hybridized carbons (Fsp3) is 0.480. The average molecular weight is 531 g/mol. The summed E-state index contributed by atoms with van der Waals surface area (Å²) in [6.07, 6.45) is 6.64. The Morgan fingerprint density at radius 1 is 1.11 bits per heavy atom. The summed E-state index contributed by atoms with van der Waals surface area (Å²) in [6.45, 7) is 5.56. The van der Waals surface area contributed by atoms with Gasteiger partial charge in [0, 0.05) is 29.0 Å². The summed E-state index contributed by atoms with van der Waals surface area (Å²) in [5, 5.41) is 4.84. The van der Waals surface area contributed by atoms with Gasteiger partial charge in [0.25, 0.3) is 0 Å². The van der Waals surface area contributed by atoms with Crippen LogP contribution < -0.4 is 5.32 Å². The van der Waals surface area contributed by atoms with Crippen molar-refractivity contribution in [1.29, 1.82) is 0 Å². The van der Waals surface area contributed by atoms with Crippen molar-refractivity contribution in [3.63, 3.8) is 0 Å². The second-order valence-electron chi connectivity index (χ2n) is 9.66. The number of rotatable bonds is 6. The van der Waals surface area contributed by atoms with Crippen molar-refractivity contribution < 1.29 is 13.2 Å². The Bertz CT molecular complexity index is 1330. The summed E-state index contributed by atoms with van der Waals surface area (Å²) >= 11 is 3.17. The van der Waals surface area contributed by atoms with Crippen LogP contribution in [0, 0.1) is 11.8 Å². The summed E-state index contributed by atoms with van der Waals surface area (Å²) in [4.78, 5) is 24.3. The first kappa shape index (κ1) is 24.7. The van der Waals surface area contributed by atoms with Gasteiger partial charge in [-0.15, -0.1) is 11.3 Å². The SMILES string of the molecule is CC1CCN(S(=O)(=O)c2ccc(NC(=O)CSc3ncnc4sc5c(c34)CC[C@H](C)C5)cc2)CC1. The molecule has 0 bridgehead atoms. The standard InChI is InChI=1S/C25H30N4O3S3/c1-16-9-11-29(12-10-16)35(31,32)19-6-4-18(5-7-19)28-22(30)14-33-24-23-20-8-3-17(2)13-21(20)34-25(23)27-15-26-24/h4-7,15-17H,3,8-14H2,1-2H3,(H,28,30)/t17-/m0/s1. The van der Waals surface area contributed by atoms with Crippen LogP contribution in [-0.4, -0.2) is 47.4 Å². The highest BCUT2D eigenvalue weighted by Crippen LogP contribution is 2.40. The molecule has 2 aliphatic rings. The molecule has 35 heavy (non-hydrogen) atoms. The van der Waals surface area contributed by atoms with Crippen molar-refractivity contribution in [3.8, 4) is 0 Å². The molecular formula is C25H30N4O3S3. The van der Waals surface area contributed by atoms with Gasteiger partial charge in [-0.1, -0.05) is 25.6 Å². The van der Waals surface area contributed by atoms with E-state index in [4.69, 9.17) is 0 Å². The molecule has 0 saturated carbocycles. The third kappa shape index (κ3) is 5.26. The molecule has 2 aromatic heterocycles. The van der Waals surface area contributed by atoms with E-state index in [1.54, 1.807) is 46.2 Å². The highest BCUT2D eigenvalue weighted by Gasteiger charge is 2.28. The topological polar surface area (TPSA) is 92.3 Å². The molecule has 3 heterocycles. The molecule has 7 nitrogen and oxygen atoms in total. The smallest absolute Gasteiger partial charge is 0.243 e. The largest absolute Gasteiger partial charge is 0.325 e. The second kappa shape index (κ2) is 10.2. The first-order valence-corrected chi connectivity index (χ1v) is 15.3. The summed E-state index contributed by atoms with van der Waals surface area (Å²) in [5.74, 6) is 1.32. The van der Waals surface area contributed by atoms with Gasteiger partial charge in [-0.05, 0) is 73.8 Å². The summed E-state index contributed by atoms with van der Waals surface area (Å²) in [6, 6.07) is 6.45. The number of piperidine rings is 1. The van der Waals surface area contributed by atoms with Gasteiger partial charge < -0.3 is 5.32 Å². The van der Waals surface area contributed by atoms with Gasteiger partial charge in [-0.2, -0.15) is 4.31 Å². The van der Waals surface area contributed by atoms with Crippen LogP contribution in [0.2, 0.25) is 0 Å². The fourth-order valence-corrected chi connectivity index (χ4v) is 8.48. The molecule has 1 amide bonds. The minimum absolute atomic E-state index is 0.153. The van der Waals surface area contributed by atoms with E-state index in [2.05, 4.69) is 29.1 Å². The van der Waals surface area contributed by atoms with Gasteiger partial charge in [0.05, 0.1) is 10.6 Å². The van der Waals surface area contributed by atoms with Crippen LogP contribution in [0.25, 0.3) is 10.2 Å². The zero-order valence-electron chi connectivity index (χ0n) is 20.0. The maximum absolute atomic E-state index is 12.9. The first-order valence-electron chi connectivity index (χ1n) is 12.1. The number of sulfonamides is 1. The number of amides is 1. The Kier molecular flexibility index (Phi) is 7.16. The summed E-state index contributed by atoms with van der Waals surface area (Å²) in [5.41, 5.74) is 1.93. The van der Waals surface area contributed by atoms with Crippen molar-refractivity contribution in [1.82, 2.24) is 14.3 Å². The lowest BCUT2D eigenvalue weighted by atomic mass is 9.89. The molecule has 3 aromatic rings. The van der Waals surface area contributed by atoms with E-state index >= 15 is 0 Å². The van der Waals surface area contributed by atoms with Crippen molar-refractivity contribution in [3.05, 3.63) is 41.0 Å². The van der Waals surface area contributed by atoms with Gasteiger partial charge in [-0.3, -0.25) is 4.79 Å². The second-order valence-corrected chi connectivity index (χ2v) is 13.6. The number of benzene rings is 1. The van der Waals surface area contributed by atoms with Gasteiger partial charge in [-0.25, -0.2) is 18.4 Å². The quantitative estimate of drug-likeness (QED) is 0.357. The van der Waals surface area contributed by atoms with Crippen LogP contribution in [-0.2, 0) is 27.7 Å². The molecule has 1 aromatic carbocycles. The van der Waals surface area contributed by atoms with Crippen molar-refractivity contribution in [2.45, 2.75) is 55.9 Å². The minimum Gasteiger partial charge on any atom is -0.325 e. The third-order valence-electron chi connectivity index (χ3n) is 6.92. The minimum atomic E-state index is -3.50. The number of aromatic nitrogens is 2. The van der Waals surface area contributed by atoms with E-state index in [1.165, 1.54) is 28.6 Å². The van der Waals surface area contributed by atoms with Crippen LogP contribution in [0.15, 0.2) is 40.5 Å². The van der Waals surface area contributed by atoms with Crippen LogP contribution in [0.3, 0.4) is 0 Å². The van der Waals surface area contributed by atoms with E-state index < -0.39 is 10.0 Å². The van der Waals surface area contributed by atoms with Crippen LogP contribution in [0.4, 0.5) is 5.69 Å². The molecule has 186 valence electrons. The Morgan fingerprint density at radius 3 is 2.60 bits per heavy atom. The van der Waals surface area contributed by atoms with E-state index in [0.29, 0.717) is 30.6 Å². The number of nitrogens with zero attached hydrogens (tertiary/aromatic N) is 3. The maximum Gasteiger partial charge on any atom is 0.243 e. The molecule has 1 aliphatic heterocycles.